The number of aromatic nitrogens is 1. The van der Waals surface area contributed by atoms with Crippen molar-refractivity contribution in [1.82, 2.24) is 9.88 Å². The summed E-state index contributed by atoms with van der Waals surface area (Å²) in [5, 5.41) is 0. The van der Waals surface area contributed by atoms with Gasteiger partial charge in [-0.15, -0.1) is 0 Å². The number of esters is 1. The van der Waals surface area contributed by atoms with Gasteiger partial charge in [-0.25, -0.2) is 4.79 Å². The Morgan fingerprint density at radius 1 is 1.08 bits per heavy atom. The number of pyridine rings is 1. The van der Waals surface area contributed by atoms with Gasteiger partial charge in [0.2, 0.25) is 0 Å². The molecule has 1 aliphatic heterocycles. The zero-order valence-corrected chi connectivity index (χ0v) is 14.9. The van der Waals surface area contributed by atoms with E-state index in [1.165, 1.54) is 11.1 Å². The molecule has 2 amide bonds. The van der Waals surface area contributed by atoms with E-state index in [1.807, 2.05) is 0 Å². The Morgan fingerprint density at radius 2 is 1.76 bits per heavy atom. The summed E-state index contributed by atoms with van der Waals surface area (Å²) in [6.07, 6.45) is 4.14. The molecule has 0 radical (unpaired) electrons. The van der Waals surface area contributed by atoms with Crippen LogP contribution in [0.5, 0.6) is 0 Å². The number of fused-ring (bicyclic) bond motifs is 1. The van der Waals surface area contributed by atoms with Crippen LogP contribution in [0.4, 0.5) is 0 Å². The second kappa shape index (κ2) is 7.57. The molecule has 0 saturated carbocycles. The summed E-state index contributed by atoms with van der Waals surface area (Å²) >= 11 is 3.25. The number of rotatable bonds is 6. The molecule has 0 spiro atoms. The van der Waals surface area contributed by atoms with Crippen LogP contribution in [-0.4, -0.2) is 40.8 Å². The summed E-state index contributed by atoms with van der Waals surface area (Å²) < 4.78 is 5.88. The van der Waals surface area contributed by atoms with Gasteiger partial charge >= 0.3 is 5.97 Å². The first-order chi connectivity index (χ1) is 12.1. The number of carbonyl (C=O) groups is 3. The number of ether oxygens (including phenoxy) is 1. The maximum absolute atomic E-state index is 12.2. The first kappa shape index (κ1) is 17.3. The van der Waals surface area contributed by atoms with Gasteiger partial charge in [0.1, 0.15) is 0 Å². The molecule has 0 saturated heterocycles. The van der Waals surface area contributed by atoms with Crippen molar-refractivity contribution in [2.24, 2.45) is 0 Å². The standard InChI is InChI=1S/C18H15BrN2O4/c19-13-9-12(10-20-11-13)18(24)25-8-4-3-7-21-16(22)14-5-1-2-6-15(14)17(21)23/h1-2,5-6,9-11H,3-4,7-8H2. The van der Waals surface area contributed by atoms with Crippen molar-refractivity contribution in [2.75, 3.05) is 13.2 Å². The van der Waals surface area contributed by atoms with Gasteiger partial charge < -0.3 is 4.74 Å². The summed E-state index contributed by atoms with van der Waals surface area (Å²) in [5.74, 6) is -0.981. The fourth-order valence-electron chi connectivity index (χ4n) is 2.59. The minimum absolute atomic E-state index is 0.217. The third kappa shape index (κ3) is 3.76. The Bertz CT molecular complexity index is 802. The van der Waals surface area contributed by atoms with Crippen LogP contribution in [0, 0.1) is 0 Å². The number of nitrogens with zero attached hydrogens (tertiary/aromatic N) is 2. The predicted octanol–water partition coefficient (Wildman–Crippen LogP) is 3.08. The molecule has 1 aromatic heterocycles. The SMILES string of the molecule is O=C(OCCCCN1C(=O)c2ccccc2C1=O)c1cncc(Br)c1. The lowest BCUT2D eigenvalue weighted by Crippen LogP contribution is -2.30. The average Bonchev–Trinajstić information content (AvgIpc) is 2.86. The fraction of sp³-hybridized carbons (Fsp3) is 0.222. The van der Waals surface area contributed by atoms with Crippen LogP contribution in [0.2, 0.25) is 0 Å². The third-order valence-electron chi connectivity index (χ3n) is 3.83. The van der Waals surface area contributed by atoms with Gasteiger partial charge in [-0.2, -0.15) is 0 Å². The summed E-state index contributed by atoms with van der Waals surface area (Å²) in [6.45, 7) is 0.525. The topological polar surface area (TPSA) is 76.6 Å². The Morgan fingerprint density at radius 3 is 2.40 bits per heavy atom. The minimum Gasteiger partial charge on any atom is -0.462 e. The molecule has 0 aliphatic carbocycles. The molecule has 7 heteroatoms. The number of imide groups is 1. The quantitative estimate of drug-likeness (QED) is 0.421. The van der Waals surface area contributed by atoms with E-state index in [0.717, 1.165) is 0 Å². The molecule has 0 atom stereocenters. The summed E-state index contributed by atoms with van der Waals surface area (Å²) in [4.78, 5) is 41.4. The van der Waals surface area contributed by atoms with Crippen molar-refractivity contribution in [2.45, 2.75) is 12.8 Å². The molecule has 1 aromatic carbocycles. The molecule has 25 heavy (non-hydrogen) atoms. The maximum Gasteiger partial charge on any atom is 0.339 e. The second-order valence-electron chi connectivity index (χ2n) is 5.54. The van der Waals surface area contributed by atoms with Gasteiger partial charge in [0.15, 0.2) is 0 Å². The van der Waals surface area contributed by atoms with Crippen molar-refractivity contribution in [1.29, 1.82) is 0 Å². The highest BCUT2D eigenvalue weighted by atomic mass is 79.9. The minimum atomic E-state index is -0.450. The van der Waals surface area contributed by atoms with Crippen LogP contribution in [0.3, 0.4) is 0 Å². The van der Waals surface area contributed by atoms with E-state index in [4.69, 9.17) is 4.74 Å². The number of hydrogen-bond donors (Lipinski definition) is 0. The van der Waals surface area contributed by atoms with Crippen molar-refractivity contribution >= 4 is 33.7 Å². The van der Waals surface area contributed by atoms with Crippen LogP contribution < -0.4 is 0 Å². The van der Waals surface area contributed by atoms with E-state index in [2.05, 4.69) is 20.9 Å². The summed E-state index contributed by atoms with van der Waals surface area (Å²) in [5.41, 5.74) is 1.26. The summed E-state index contributed by atoms with van der Waals surface area (Å²) in [7, 11) is 0. The number of halogens is 1. The number of amides is 2. The van der Waals surface area contributed by atoms with Gasteiger partial charge in [-0.3, -0.25) is 19.5 Å². The molecule has 1 aliphatic rings. The monoisotopic (exact) mass is 402 g/mol. The molecule has 6 nitrogen and oxygen atoms in total. The number of benzene rings is 1. The van der Waals surface area contributed by atoms with Crippen LogP contribution in [0.15, 0.2) is 47.2 Å². The molecule has 0 fully saturated rings. The Kier molecular flexibility index (Phi) is 5.23. The van der Waals surface area contributed by atoms with Crippen molar-refractivity contribution in [3.8, 4) is 0 Å². The van der Waals surface area contributed by atoms with E-state index in [0.29, 0.717) is 40.5 Å². The smallest absolute Gasteiger partial charge is 0.339 e. The first-order valence-corrected chi connectivity index (χ1v) is 8.60. The van der Waals surface area contributed by atoms with Crippen LogP contribution in [0.1, 0.15) is 43.9 Å². The van der Waals surface area contributed by atoms with Crippen LogP contribution >= 0.6 is 15.9 Å². The predicted molar refractivity (Wildman–Crippen MR) is 93.3 cm³/mol. The van der Waals surface area contributed by atoms with Crippen molar-refractivity contribution in [3.05, 3.63) is 63.9 Å². The number of unbranched alkanes of at least 4 members (excludes halogenated alkanes) is 1. The van der Waals surface area contributed by atoms with E-state index in [9.17, 15) is 14.4 Å². The van der Waals surface area contributed by atoms with Gasteiger partial charge in [-0.05, 0) is 47.0 Å². The van der Waals surface area contributed by atoms with Gasteiger partial charge in [-0.1, -0.05) is 12.1 Å². The van der Waals surface area contributed by atoms with E-state index >= 15 is 0 Å². The maximum atomic E-state index is 12.2. The molecule has 3 rings (SSSR count). The number of hydrogen-bond acceptors (Lipinski definition) is 5. The zero-order chi connectivity index (χ0) is 17.8. The highest BCUT2D eigenvalue weighted by Crippen LogP contribution is 2.22. The molecular weight excluding hydrogens is 388 g/mol. The molecule has 0 N–H and O–H groups in total. The van der Waals surface area contributed by atoms with E-state index < -0.39 is 5.97 Å². The molecule has 2 heterocycles. The molecule has 0 unspecified atom stereocenters. The van der Waals surface area contributed by atoms with Crippen molar-refractivity contribution in [3.63, 3.8) is 0 Å². The normalized spacial score (nSPS) is 13.1. The van der Waals surface area contributed by atoms with E-state index in [1.54, 1.807) is 36.5 Å². The second-order valence-corrected chi connectivity index (χ2v) is 6.46. The van der Waals surface area contributed by atoms with Crippen LogP contribution in [0.25, 0.3) is 0 Å². The highest BCUT2D eigenvalue weighted by molar-refractivity contribution is 9.10. The fourth-order valence-corrected chi connectivity index (χ4v) is 2.95. The molecule has 2 aromatic rings. The van der Waals surface area contributed by atoms with E-state index in [-0.39, 0.29) is 18.4 Å². The van der Waals surface area contributed by atoms with Gasteiger partial charge in [0.25, 0.3) is 11.8 Å². The largest absolute Gasteiger partial charge is 0.462 e. The number of carbonyl (C=O) groups excluding carboxylic acids is 3. The zero-order valence-electron chi connectivity index (χ0n) is 13.3. The third-order valence-corrected chi connectivity index (χ3v) is 4.26. The lowest BCUT2D eigenvalue weighted by molar-refractivity contribution is 0.0485. The first-order valence-electron chi connectivity index (χ1n) is 7.81. The summed E-state index contributed by atoms with van der Waals surface area (Å²) in [6, 6.07) is 8.42. The highest BCUT2D eigenvalue weighted by Gasteiger charge is 2.34. The van der Waals surface area contributed by atoms with Crippen LogP contribution in [-0.2, 0) is 4.74 Å². The molecule has 128 valence electrons. The van der Waals surface area contributed by atoms with Gasteiger partial charge in [0, 0.05) is 23.4 Å². The molecular formula is C18H15BrN2O4. The molecule has 0 bridgehead atoms. The Labute approximate surface area is 152 Å². The van der Waals surface area contributed by atoms with Gasteiger partial charge in [0.05, 0.1) is 23.3 Å². The average molecular weight is 403 g/mol. The Balaban J connectivity index is 1.44. The Hall–Kier alpha value is -2.54. The lowest BCUT2D eigenvalue weighted by atomic mass is 10.1. The van der Waals surface area contributed by atoms with Crippen molar-refractivity contribution < 1.29 is 19.1 Å². The lowest BCUT2D eigenvalue weighted by Gasteiger charge is -2.13.